The molecule has 2 aliphatic heterocycles. The molecule has 0 unspecified atom stereocenters. The topological polar surface area (TPSA) is 81.8 Å². The summed E-state index contributed by atoms with van der Waals surface area (Å²) in [6.07, 6.45) is 7.23. The number of hydrogen-bond acceptors (Lipinski definition) is 4. The zero-order valence-corrected chi connectivity index (χ0v) is 17.9. The average Bonchev–Trinajstić information content (AvgIpc) is 3.01. The smallest absolute Gasteiger partial charge is 0.325 e. The molecule has 7 heteroatoms. The molecule has 30 heavy (non-hydrogen) atoms. The Labute approximate surface area is 178 Å². The lowest BCUT2D eigenvalue weighted by molar-refractivity contribution is -0.138. The van der Waals surface area contributed by atoms with E-state index in [2.05, 4.69) is 15.5 Å². The molecule has 1 aromatic rings. The third-order valence-electron chi connectivity index (χ3n) is 7.07. The normalized spacial score (nSPS) is 27.9. The molecule has 4 rings (SSSR count). The highest BCUT2D eigenvalue weighted by atomic mass is 16.2. The molecule has 3 aliphatic rings. The third-order valence-corrected chi connectivity index (χ3v) is 7.07. The fourth-order valence-corrected chi connectivity index (χ4v) is 5.09. The third kappa shape index (κ3) is 3.66. The number of imide groups is 1. The summed E-state index contributed by atoms with van der Waals surface area (Å²) in [5.74, 6) is -0.544. The van der Waals surface area contributed by atoms with Gasteiger partial charge in [-0.1, -0.05) is 19.8 Å². The molecule has 1 aliphatic carbocycles. The predicted molar refractivity (Wildman–Crippen MR) is 116 cm³/mol. The maximum Gasteiger partial charge on any atom is 0.325 e. The molecule has 0 bridgehead atoms. The van der Waals surface area contributed by atoms with Crippen molar-refractivity contribution < 1.29 is 14.4 Å². The molecule has 2 heterocycles. The SMILES string of the molecule is C[C@H](C(=O)Nc1ccc(N2CCCCC2)cc1)N1C(=O)N[C@]2(CCCC[C@@H]2C)C1=O. The van der Waals surface area contributed by atoms with E-state index < -0.39 is 17.6 Å². The van der Waals surface area contributed by atoms with E-state index in [0.29, 0.717) is 12.1 Å². The molecule has 2 saturated heterocycles. The minimum atomic E-state index is -0.868. The van der Waals surface area contributed by atoms with Gasteiger partial charge in [0.25, 0.3) is 5.91 Å². The van der Waals surface area contributed by atoms with Gasteiger partial charge in [-0.3, -0.25) is 9.59 Å². The fraction of sp³-hybridized carbons (Fsp3) is 0.609. The first kappa shape index (κ1) is 20.7. The first-order valence-electron chi connectivity index (χ1n) is 11.2. The number of amides is 4. The monoisotopic (exact) mass is 412 g/mol. The minimum absolute atomic E-state index is 0.0743. The number of carbonyl (C=O) groups excluding carboxylic acids is 3. The van der Waals surface area contributed by atoms with Crippen LogP contribution in [0.4, 0.5) is 16.2 Å². The summed E-state index contributed by atoms with van der Waals surface area (Å²) in [7, 11) is 0. The van der Waals surface area contributed by atoms with Gasteiger partial charge in [0, 0.05) is 24.5 Å². The molecule has 3 atom stereocenters. The van der Waals surface area contributed by atoms with Crippen LogP contribution in [0.2, 0.25) is 0 Å². The highest BCUT2D eigenvalue weighted by Gasteiger charge is 2.56. The number of carbonyl (C=O) groups is 3. The summed E-state index contributed by atoms with van der Waals surface area (Å²) in [5, 5.41) is 5.78. The molecule has 0 radical (unpaired) electrons. The summed E-state index contributed by atoms with van der Waals surface area (Å²) < 4.78 is 0. The summed E-state index contributed by atoms with van der Waals surface area (Å²) in [4.78, 5) is 42.1. The number of benzene rings is 1. The Balaban J connectivity index is 1.42. The van der Waals surface area contributed by atoms with Gasteiger partial charge in [-0.25, -0.2) is 9.69 Å². The Bertz CT molecular complexity index is 818. The number of nitrogens with zero attached hydrogens (tertiary/aromatic N) is 2. The van der Waals surface area contributed by atoms with Crippen molar-refractivity contribution in [3.05, 3.63) is 24.3 Å². The second-order valence-corrected chi connectivity index (χ2v) is 8.98. The Morgan fingerprint density at radius 2 is 1.80 bits per heavy atom. The van der Waals surface area contributed by atoms with Crippen LogP contribution in [0.15, 0.2) is 24.3 Å². The molecule has 162 valence electrons. The molecular formula is C23H32N4O3. The number of piperidine rings is 1. The first-order chi connectivity index (χ1) is 14.4. The maximum atomic E-state index is 13.2. The number of urea groups is 1. The highest BCUT2D eigenvalue weighted by molar-refractivity contribution is 6.11. The number of anilines is 2. The Morgan fingerprint density at radius 3 is 2.47 bits per heavy atom. The lowest BCUT2D eigenvalue weighted by Gasteiger charge is -2.37. The van der Waals surface area contributed by atoms with Crippen LogP contribution in [0.25, 0.3) is 0 Å². The Kier molecular flexibility index (Phi) is 5.71. The van der Waals surface area contributed by atoms with E-state index in [4.69, 9.17) is 0 Å². The van der Waals surface area contributed by atoms with Gasteiger partial charge in [-0.15, -0.1) is 0 Å². The molecule has 1 saturated carbocycles. The van der Waals surface area contributed by atoms with Crippen LogP contribution in [-0.2, 0) is 9.59 Å². The van der Waals surface area contributed by atoms with Gasteiger partial charge in [-0.05, 0) is 69.2 Å². The standard InChI is InChI=1S/C23H32N4O3/c1-16-8-4-5-13-23(16)21(29)27(22(30)25-23)17(2)20(28)24-18-9-11-19(12-10-18)26-14-6-3-7-15-26/h9-12,16-17H,3-8,13-15H2,1-2H3,(H,24,28)(H,25,30)/t16-,17+,23-/m0/s1. The van der Waals surface area contributed by atoms with E-state index in [1.54, 1.807) is 6.92 Å². The molecule has 1 spiro atoms. The Hall–Kier alpha value is -2.57. The first-order valence-corrected chi connectivity index (χ1v) is 11.2. The number of nitrogens with one attached hydrogen (secondary N) is 2. The molecule has 3 fully saturated rings. The maximum absolute atomic E-state index is 13.2. The molecule has 4 amide bonds. The van der Waals surface area contributed by atoms with Crippen LogP contribution in [0.1, 0.15) is 58.8 Å². The van der Waals surface area contributed by atoms with Gasteiger partial charge in [0.15, 0.2) is 0 Å². The molecular weight excluding hydrogens is 380 g/mol. The van der Waals surface area contributed by atoms with Gasteiger partial charge >= 0.3 is 6.03 Å². The van der Waals surface area contributed by atoms with Crippen LogP contribution < -0.4 is 15.5 Å². The van der Waals surface area contributed by atoms with Gasteiger partial charge < -0.3 is 15.5 Å². The zero-order valence-electron chi connectivity index (χ0n) is 17.9. The predicted octanol–water partition coefficient (Wildman–Crippen LogP) is 3.50. The van der Waals surface area contributed by atoms with E-state index in [9.17, 15) is 14.4 Å². The van der Waals surface area contributed by atoms with Crippen LogP contribution in [0, 0.1) is 5.92 Å². The van der Waals surface area contributed by atoms with E-state index in [-0.39, 0.29) is 17.7 Å². The second-order valence-electron chi connectivity index (χ2n) is 8.98. The van der Waals surface area contributed by atoms with E-state index in [0.717, 1.165) is 42.9 Å². The summed E-state index contributed by atoms with van der Waals surface area (Å²) >= 11 is 0. The van der Waals surface area contributed by atoms with Crippen molar-refractivity contribution in [2.24, 2.45) is 5.92 Å². The van der Waals surface area contributed by atoms with Crippen molar-refractivity contribution in [3.8, 4) is 0 Å². The van der Waals surface area contributed by atoms with Crippen molar-refractivity contribution in [1.29, 1.82) is 0 Å². The van der Waals surface area contributed by atoms with Crippen molar-refractivity contribution in [3.63, 3.8) is 0 Å². The summed E-state index contributed by atoms with van der Waals surface area (Å²) in [6, 6.07) is 6.45. The average molecular weight is 413 g/mol. The highest BCUT2D eigenvalue weighted by Crippen LogP contribution is 2.38. The van der Waals surface area contributed by atoms with Crippen LogP contribution in [-0.4, -0.2) is 47.4 Å². The second kappa shape index (κ2) is 8.28. The van der Waals surface area contributed by atoms with Crippen molar-refractivity contribution in [1.82, 2.24) is 10.2 Å². The largest absolute Gasteiger partial charge is 0.372 e. The number of hydrogen-bond donors (Lipinski definition) is 2. The fourth-order valence-electron chi connectivity index (χ4n) is 5.09. The zero-order chi connectivity index (χ0) is 21.3. The lowest BCUT2D eigenvalue weighted by Crippen LogP contribution is -2.54. The van der Waals surface area contributed by atoms with E-state index in [1.165, 1.54) is 19.3 Å². The van der Waals surface area contributed by atoms with E-state index in [1.807, 2.05) is 31.2 Å². The number of rotatable bonds is 4. The molecule has 2 N–H and O–H groups in total. The van der Waals surface area contributed by atoms with Gasteiger partial charge in [0.05, 0.1) is 0 Å². The Morgan fingerprint density at radius 1 is 1.10 bits per heavy atom. The molecule has 1 aromatic carbocycles. The van der Waals surface area contributed by atoms with Crippen molar-refractivity contribution in [2.75, 3.05) is 23.3 Å². The van der Waals surface area contributed by atoms with Gasteiger partial charge in [0.2, 0.25) is 5.91 Å². The van der Waals surface area contributed by atoms with Crippen molar-refractivity contribution >= 4 is 29.2 Å². The van der Waals surface area contributed by atoms with Crippen LogP contribution in [0.3, 0.4) is 0 Å². The molecule has 7 nitrogen and oxygen atoms in total. The summed E-state index contributed by atoms with van der Waals surface area (Å²) in [6.45, 7) is 5.75. The van der Waals surface area contributed by atoms with Crippen LogP contribution >= 0.6 is 0 Å². The quantitative estimate of drug-likeness (QED) is 0.742. The summed E-state index contributed by atoms with van der Waals surface area (Å²) in [5.41, 5.74) is 0.975. The van der Waals surface area contributed by atoms with Gasteiger partial charge in [0.1, 0.15) is 11.6 Å². The van der Waals surface area contributed by atoms with Crippen molar-refractivity contribution in [2.45, 2.75) is 70.4 Å². The van der Waals surface area contributed by atoms with E-state index >= 15 is 0 Å². The molecule has 0 aromatic heterocycles. The minimum Gasteiger partial charge on any atom is -0.372 e. The van der Waals surface area contributed by atoms with Gasteiger partial charge in [-0.2, -0.15) is 0 Å². The lowest BCUT2D eigenvalue weighted by atomic mass is 9.73. The van der Waals surface area contributed by atoms with Crippen LogP contribution in [0.5, 0.6) is 0 Å².